The standard InChI is InChI=1S/C17H18N4O2/c1-10(2)21-9-12(7-18)14-6-13(4-5-16(14)21)20-8-15(11(3)19)17(22)23/h4-6,8-10H,19H2,1-3H3,(H,22,23). The zero-order chi connectivity index (χ0) is 17.1. The van der Waals surface area contributed by atoms with Crippen molar-refractivity contribution in [2.24, 2.45) is 10.7 Å². The lowest BCUT2D eigenvalue weighted by Crippen LogP contribution is -2.09. The number of allylic oxidation sites excluding steroid dienone is 1. The van der Waals surface area contributed by atoms with Gasteiger partial charge in [0, 0.05) is 35.1 Å². The van der Waals surface area contributed by atoms with E-state index in [0.717, 1.165) is 10.9 Å². The molecule has 0 saturated carbocycles. The van der Waals surface area contributed by atoms with Crippen LogP contribution < -0.4 is 5.73 Å². The van der Waals surface area contributed by atoms with Crippen LogP contribution in [0.25, 0.3) is 10.9 Å². The summed E-state index contributed by atoms with van der Waals surface area (Å²) >= 11 is 0. The third-order valence-corrected chi connectivity index (χ3v) is 3.49. The molecule has 3 N–H and O–H groups in total. The normalized spacial score (nSPS) is 12.7. The predicted octanol–water partition coefficient (Wildman–Crippen LogP) is 3.11. The Hall–Kier alpha value is -3.07. The van der Waals surface area contributed by atoms with Crippen molar-refractivity contribution in [3.63, 3.8) is 0 Å². The minimum absolute atomic E-state index is 0.0506. The average molecular weight is 310 g/mol. The molecule has 0 spiro atoms. The molecule has 0 aliphatic heterocycles. The molecule has 0 fully saturated rings. The SMILES string of the molecule is CC(N)=C(C=Nc1ccc2c(c1)c(C#N)cn2C(C)C)C(=O)O. The van der Waals surface area contributed by atoms with E-state index in [-0.39, 0.29) is 17.3 Å². The lowest BCUT2D eigenvalue weighted by molar-refractivity contribution is -0.132. The van der Waals surface area contributed by atoms with Crippen LogP contribution in [-0.2, 0) is 4.79 Å². The molecule has 6 nitrogen and oxygen atoms in total. The summed E-state index contributed by atoms with van der Waals surface area (Å²) in [5.74, 6) is -1.13. The first-order valence-electron chi connectivity index (χ1n) is 7.13. The van der Waals surface area contributed by atoms with Crippen LogP contribution in [0.2, 0.25) is 0 Å². The first kappa shape index (κ1) is 16.3. The number of aromatic nitrogens is 1. The molecule has 0 saturated heterocycles. The topological polar surface area (TPSA) is 104 Å². The molecule has 0 amide bonds. The Labute approximate surface area is 134 Å². The average Bonchev–Trinajstić information content (AvgIpc) is 2.84. The van der Waals surface area contributed by atoms with Gasteiger partial charge in [0.15, 0.2) is 0 Å². The van der Waals surface area contributed by atoms with Crippen LogP contribution in [0.3, 0.4) is 0 Å². The maximum Gasteiger partial charge on any atom is 0.339 e. The monoisotopic (exact) mass is 310 g/mol. The van der Waals surface area contributed by atoms with E-state index in [0.29, 0.717) is 11.3 Å². The molecule has 1 aromatic heterocycles. The third-order valence-electron chi connectivity index (χ3n) is 3.49. The molecule has 23 heavy (non-hydrogen) atoms. The second-order valence-electron chi connectivity index (χ2n) is 5.52. The highest BCUT2D eigenvalue weighted by Crippen LogP contribution is 2.28. The lowest BCUT2D eigenvalue weighted by Gasteiger charge is -2.08. The van der Waals surface area contributed by atoms with E-state index >= 15 is 0 Å². The third kappa shape index (κ3) is 3.24. The minimum Gasteiger partial charge on any atom is -0.478 e. The fourth-order valence-electron chi connectivity index (χ4n) is 2.30. The van der Waals surface area contributed by atoms with E-state index in [1.807, 2.05) is 30.7 Å². The van der Waals surface area contributed by atoms with Crippen LogP contribution in [0.1, 0.15) is 32.4 Å². The molecule has 1 aromatic carbocycles. The number of aliphatic carboxylic acids is 1. The van der Waals surface area contributed by atoms with Gasteiger partial charge in [0.2, 0.25) is 0 Å². The molecule has 118 valence electrons. The Kier molecular flexibility index (Phi) is 4.51. The molecule has 6 heteroatoms. The van der Waals surface area contributed by atoms with Crippen molar-refractivity contribution in [3.05, 3.63) is 41.2 Å². The van der Waals surface area contributed by atoms with Gasteiger partial charge in [0.1, 0.15) is 6.07 Å². The molecule has 2 aromatic rings. The summed E-state index contributed by atoms with van der Waals surface area (Å²) in [5, 5.41) is 19.1. The molecule has 1 heterocycles. The summed E-state index contributed by atoms with van der Waals surface area (Å²) in [6.45, 7) is 5.59. The van der Waals surface area contributed by atoms with E-state index in [4.69, 9.17) is 10.8 Å². The highest BCUT2D eigenvalue weighted by atomic mass is 16.4. The highest BCUT2D eigenvalue weighted by molar-refractivity contribution is 6.09. The summed E-state index contributed by atoms with van der Waals surface area (Å²) in [6.07, 6.45) is 3.04. The largest absolute Gasteiger partial charge is 0.478 e. The number of carbonyl (C=O) groups is 1. The fourth-order valence-corrected chi connectivity index (χ4v) is 2.30. The number of aliphatic imine (C=N–C) groups is 1. The number of nitriles is 1. The Morgan fingerprint density at radius 3 is 2.70 bits per heavy atom. The van der Waals surface area contributed by atoms with Crippen molar-refractivity contribution in [2.75, 3.05) is 0 Å². The van der Waals surface area contributed by atoms with Crippen LogP contribution in [0, 0.1) is 11.3 Å². The Balaban J connectivity index is 2.51. The van der Waals surface area contributed by atoms with Gasteiger partial charge in [-0.1, -0.05) is 0 Å². The molecule has 0 atom stereocenters. The summed E-state index contributed by atoms with van der Waals surface area (Å²) in [6, 6.07) is 7.84. The van der Waals surface area contributed by atoms with Gasteiger partial charge in [-0.15, -0.1) is 0 Å². The Morgan fingerprint density at radius 1 is 1.48 bits per heavy atom. The van der Waals surface area contributed by atoms with Crippen LogP contribution in [-0.4, -0.2) is 21.9 Å². The van der Waals surface area contributed by atoms with Crippen molar-refractivity contribution in [1.29, 1.82) is 5.26 Å². The first-order chi connectivity index (χ1) is 10.8. The van der Waals surface area contributed by atoms with Crippen LogP contribution >= 0.6 is 0 Å². The van der Waals surface area contributed by atoms with Gasteiger partial charge in [-0.2, -0.15) is 5.26 Å². The van der Waals surface area contributed by atoms with Crippen LogP contribution in [0.4, 0.5) is 5.69 Å². The summed E-state index contributed by atoms with van der Waals surface area (Å²) in [5.41, 5.74) is 7.75. The van der Waals surface area contributed by atoms with Crippen molar-refractivity contribution < 1.29 is 9.90 Å². The number of rotatable bonds is 4. The number of nitrogens with two attached hydrogens (primary N) is 1. The minimum atomic E-state index is -1.13. The first-order valence-corrected chi connectivity index (χ1v) is 7.13. The maximum absolute atomic E-state index is 11.1. The van der Waals surface area contributed by atoms with Gasteiger partial charge in [0.25, 0.3) is 0 Å². The van der Waals surface area contributed by atoms with Gasteiger partial charge in [-0.05, 0) is 39.0 Å². The van der Waals surface area contributed by atoms with E-state index < -0.39 is 5.97 Å². The maximum atomic E-state index is 11.1. The van der Waals surface area contributed by atoms with Gasteiger partial charge in [-0.25, -0.2) is 4.79 Å². The van der Waals surface area contributed by atoms with Crippen LogP contribution in [0.5, 0.6) is 0 Å². The van der Waals surface area contributed by atoms with Gasteiger partial charge >= 0.3 is 5.97 Å². The summed E-state index contributed by atoms with van der Waals surface area (Å²) < 4.78 is 2.02. The van der Waals surface area contributed by atoms with Crippen molar-refractivity contribution in [1.82, 2.24) is 4.57 Å². The van der Waals surface area contributed by atoms with E-state index in [2.05, 4.69) is 11.1 Å². The number of benzene rings is 1. The Bertz CT molecular complexity index is 863. The van der Waals surface area contributed by atoms with Gasteiger partial charge < -0.3 is 15.4 Å². The van der Waals surface area contributed by atoms with E-state index in [1.165, 1.54) is 13.1 Å². The fraction of sp³-hybridized carbons (Fsp3) is 0.235. The van der Waals surface area contributed by atoms with Crippen molar-refractivity contribution in [3.8, 4) is 6.07 Å². The van der Waals surface area contributed by atoms with Gasteiger partial charge in [0.05, 0.1) is 16.8 Å². The molecule has 2 rings (SSSR count). The molecule has 0 unspecified atom stereocenters. The number of fused-ring (bicyclic) bond motifs is 1. The molecule has 0 aliphatic carbocycles. The second-order valence-corrected chi connectivity index (χ2v) is 5.52. The number of hydrogen-bond donors (Lipinski definition) is 2. The summed E-state index contributed by atoms with van der Waals surface area (Å²) in [4.78, 5) is 15.2. The number of carboxylic acids is 1. The quantitative estimate of drug-likeness (QED) is 0.668. The molecule has 0 aliphatic rings. The molecule has 0 bridgehead atoms. The Morgan fingerprint density at radius 2 is 2.17 bits per heavy atom. The van der Waals surface area contributed by atoms with Crippen molar-refractivity contribution in [2.45, 2.75) is 26.8 Å². The highest BCUT2D eigenvalue weighted by Gasteiger charge is 2.11. The molecular formula is C17H18N4O2. The second kappa shape index (κ2) is 6.36. The van der Waals surface area contributed by atoms with E-state index in [1.54, 1.807) is 12.1 Å². The lowest BCUT2D eigenvalue weighted by atomic mass is 10.1. The zero-order valence-electron chi connectivity index (χ0n) is 13.2. The number of hydrogen-bond acceptors (Lipinski definition) is 4. The van der Waals surface area contributed by atoms with Crippen LogP contribution in [0.15, 0.2) is 40.7 Å². The summed E-state index contributed by atoms with van der Waals surface area (Å²) in [7, 11) is 0. The molecular weight excluding hydrogens is 292 g/mol. The van der Waals surface area contributed by atoms with E-state index in [9.17, 15) is 10.1 Å². The predicted molar refractivity (Wildman–Crippen MR) is 89.7 cm³/mol. The number of carboxylic acid groups (broad SMARTS) is 1. The van der Waals surface area contributed by atoms with Gasteiger partial charge in [-0.3, -0.25) is 4.99 Å². The number of nitrogens with zero attached hydrogens (tertiary/aromatic N) is 3. The molecule has 0 radical (unpaired) electrons. The van der Waals surface area contributed by atoms with Crippen molar-refractivity contribution >= 4 is 28.8 Å². The zero-order valence-corrected chi connectivity index (χ0v) is 13.2. The smallest absolute Gasteiger partial charge is 0.339 e.